The van der Waals surface area contributed by atoms with Crippen LogP contribution in [0.2, 0.25) is 5.02 Å². The monoisotopic (exact) mass is 548 g/mol. The molecule has 3 N–H and O–H groups in total. The van der Waals surface area contributed by atoms with E-state index in [1.165, 1.54) is 48.5 Å². The van der Waals surface area contributed by atoms with Gasteiger partial charge in [0.2, 0.25) is 9.84 Å². The highest BCUT2D eigenvalue weighted by Crippen LogP contribution is 2.37. The Morgan fingerprint density at radius 1 is 1.06 bits per heavy atom. The fourth-order valence-electron chi connectivity index (χ4n) is 4.07. The van der Waals surface area contributed by atoms with Crippen LogP contribution in [-0.4, -0.2) is 45.1 Å². The molecular formula is C24H21ClN2O7S2. The number of hydrogen-bond acceptors (Lipinski definition) is 6. The summed E-state index contributed by atoms with van der Waals surface area (Å²) in [6.07, 6.45) is 1.99. The van der Waals surface area contributed by atoms with Crippen molar-refractivity contribution in [2.45, 2.75) is 34.5 Å². The fraction of sp³-hybridized carbons (Fsp3) is 0.167. The molecule has 0 saturated heterocycles. The number of sulfone groups is 2. The molecule has 0 aliphatic carbocycles. The summed E-state index contributed by atoms with van der Waals surface area (Å²) < 4.78 is 51.1. The number of carboxylic acids is 1. The second-order valence-corrected chi connectivity index (χ2v) is 12.7. The van der Waals surface area contributed by atoms with Crippen LogP contribution in [0.4, 0.5) is 5.69 Å². The van der Waals surface area contributed by atoms with E-state index in [2.05, 4.69) is 10.3 Å². The summed E-state index contributed by atoms with van der Waals surface area (Å²) in [4.78, 5) is 27.0. The summed E-state index contributed by atoms with van der Waals surface area (Å²) >= 11 is 5.90. The number of hydrogen-bond donors (Lipinski definition) is 3. The lowest BCUT2D eigenvalue weighted by atomic mass is 10.0. The predicted molar refractivity (Wildman–Crippen MR) is 134 cm³/mol. The molecule has 0 saturated carbocycles. The fourth-order valence-corrected chi connectivity index (χ4v) is 6.56. The SMILES string of the molecule is Cc1[nH]c(/C=C2\C(=O)Nc3ccc(S(C)(=O)=O)cc32)c(CCC(=O)O)c1S(=O)(=O)c1ccc(Cl)cc1. The Bertz CT molecular complexity index is 1650. The third kappa shape index (κ3) is 4.81. The normalized spacial score (nSPS) is 14.6. The molecule has 3 aromatic rings. The van der Waals surface area contributed by atoms with Crippen molar-refractivity contribution in [1.82, 2.24) is 4.98 Å². The Hall–Kier alpha value is -3.41. The lowest BCUT2D eigenvalue weighted by Crippen LogP contribution is -2.08. The molecule has 4 rings (SSSR count). The smallest absolute Gasteiger partial charge is 0.303 e. The number of aryl methyl sites for hydroxylation is 1. The van der Waals surface area contributed by atoms with Crippen LogP contribution in [0.5, 0.6) is 0 Å². The molecule has 2 heterocycles. The molecule has 0 spiro atoms. The van der Waals surface area contributed by atoms with E-state index in [0.717, 1.165) is 6.26 Å². The van der Waals surface area contributed by atoms with Gasteiger partial charge < -0.3 is 15.4 Å². The Morgan fingerprint density at radius 3 is 2.31 bits per heavy atom. The third-order valence-corrected chi connectivity index (χ3v) is 9.08. The highest BCUT2D eigenvalue weighted by atomic mass is 35.5. The summed E-state index contributed by atoms with van der Waals surface area (Å²) in [6.45, 7) is 1.54. The number of carbonyl (C=O) groups is 2. The molecule has 1 aliphatic heterocycles. The number of carbonyl (C=O) groups excluding carboxylic acids is 1. The van der Waals surface area contributed by atoms with Crippen LogP contribution in [0.25, 0.3) is 11.6 Å². The lowest BCUT2D eigenvalue weighted by molar-refractivity contribution is -0.137. The zero-order chi connectivity index (χ0) is 26.4. The maximum atomic E-state index is 13.5. The number of anilines is 1. The summed E-state index contributed by atoms with van der Waals surface area (Å²) in [5.41, 5.74) is 1.57. The van der Waals surface area contributed by atoms with Crippen molar-refractivity contribution in [3.63, 3.8) is 0 Å². The van der Waals surface area contributed by atoms with E-state index in [4.69, 9.17) is 11.6 Å². The van der Waals surface area contributed by atoms with E-state index in [1.54, 1.807) is 6.92 Å². The van der Waals surface area contributed by atoms with Gasteiger partial charge in [-0.15, -0.1) is 0 Å². The van der Waals surface area contributed by atoms with Crippen molar-refractivity contribution in [2.75, 3.05) is 11.6 Å². The molecule has 2 aromatic carbocycles. The summed E-state index contributed by atoms with van der Waals surface area (Å²) in [6, 6.07) is 9.82. The largest absolute Gasteiger partial charge is 0.481 e. The molecule has 0 bridgehead atoms. The average Bonchev–Trinajstić information content (AvgIpc) is 3.27. The Labute approximate surface area is 212 Å². The van der Waals surface area contributed by atoms with Crippen LogP contribution in [0.15, 0.2) is 57.2 Å². The molecule has 36 heavy (non-hydrogen) atoms. The van der Waals surface area contributed by atoms with Crippen LogP contribution < -0.4 is 5.32 Å². The molecule has 188 valence electrons. The van der Waals surface area contributed by atoms with Gasteiger partial charge in [0.25, 0.3) is 5.91 Å². The number of fused-ring (bicyclic) bond motifs is 1. The first-order valence-corrected chi connectivity index (χ1v) is 14.4. The average molecular weight is 549 g/mol. The van der Waals surface area contributed by atoms with Gasteiger partial charge in [0, 0.05) is 40.3 Å². The van der Waals surface area contributed by atoms with Crippen LogP contribution in [0, 0.1) is 6.92 Å². The first-order valence-electron chi connectivity index (χ1n) is 10.6. The van der Waals surface area contributed by atoms with E-state index in [0.29, 0.717) is 16.3 Å². The molecule has 12 heteroatoms. The number of benzene rings is 2. The van der Waals surface area contributed by atoms with Crippen molar-refractivity contribution in [1.29, 1.82) is 0 Å². The van der Waals surface area contributed by atoms with E-state index in [9.17, 15) is 31.5 Å². The van der Waals surface area contributed by atoms with Crippen molar-refractivity contribution in [3.05, 3.63) is 70.0 Å². The second-order valence-electron chi connectivity index (χ2n) is 8.31. The zero-order valence-electron chi connectivity index (χ0n) is 19.1. The number of amides is 1. The number of nitrogens with one attached hydrogen (secondary N) is 2. The van der Waals surface area contributed by atoms with Gasteiger partial charge in [0.05, 0.1) is 20.3 Å². The number of aromatic amines is 1. The summed E-state index contributed by atoms with van der Waals surface area (Å²) in [5, 5.41) is 12.3. The van der Waals surface area contributed by atoms with E-state index in [-0.39, 0.29) is 50.1 Å². The van der Waals surface area contributed by atoms with Crippen molar-refractivity contribution in [2.24, 2.45) is 0 Å². The number of aromatic nitrogens is 1. The quantitative estimate of drug-likeness (QED) is 0.381. The summed E-state index contributed by atoms with van der Waals surface area (Å²) in [5.74, 6) is -1.63. The van der Waals surface area contributed by atoms with Gasteiger partial charge in [0.1, 0.15) is 0 Å². The van der Waals surface area contributed by atoms with E-state index < -0.39 is 31.6 Å². The Morgan fingerprint density at radius 2 is 1.69 bits per heavy atom. The molecule has 1 amide bonds. The predicted octanol–water partition coefficient (Wildman–Crippen LogP) is 3.72. The maximum Gasteiger partial charge on any atom is 0.303 e. The Kier molecular flexibility index (Phi) is 6.58. The lowest BCUT2D eigenvalue weighted by Gasteiger charge is -2.08. The van der Waals surface area contributed by atoms with Crippen molar-refractivity contribution < 1.29 is 31.5 Å². The highest BCUT2D eigenvalue weighted by Gasteiger charge is 2.30. The molecule has 0 unspecified atom stereocenters. The number of carboxylic acid groups (broad SMARTS) is 1. The van der Waals surface area contributed by atoms with Crippen LogP contribution in [-0.2, 0) is 35.7 Å². The van der Waals surface area contributed by atoms with Crippen LogP contribution in [0.1, 0.15) is 28.9 Å². The number of aliphatic carboxylic acids is 1. The van der Waals surface area contributed by atoms with Crippen LogP contribution in [0.3, 0.4) is 0 Å². The van der Waals surface area contributed by atoms with Crippen molar-refractivity contribution >= 4 is 60.5 Å². The van der Waals surface area contributed by atoms with E-state index >= 15 is 0 Å². The first-order chi connectivity index (χ1) is 16.8. The first kappa shape index (κ1) is 25.7. The maximum absolute atomic E-state index is 13.5. The van der Waals surface area contributed by atoms with E-state index in [1.807, 2.05) is 0 Å². The molecule has 0 atom stereocenters. The van der Waals surface area contributed by atoms with Gasteiger partial charge in [-0.25, -0.2) is 16.8 Å². The second kappa shape index (κ2) is 9.23. The molecular weight excluding hydrogens is 528 g/mol. The number of halogens is 1. The van der Waals surface area contributed by atoms with Gasteiger partial charge in [-0.3, -0.25) is 9.59 Å². The Balaban J connectivity index is 1.91. The van der Waals surface area contributed by atoms with Crippen molar-refractivity contribution in [3.8, 4) is 0 Å². The zero-order valence-corrected chi connectivity index (χ0v) is 21.5. The molecule has 9 nitrogen and oxygen atoms in total. The highest BCUT2D eigenvalue weighted by molar-refractivity contribution is 7.91. The third-order valence-electron chi connectivity index (χ3n) is 5.73. The number of rotatable bonds is 7. The topological polar surface area (TPSA) is 150 Å². The summed E-state index contributed by atoms with van der Waals surface area (Å²) in [7, 11) is -7.62. The standard InChI is InChI=1S/C24H21ClN2O7S2/c1-13-23(36(33,34)15-5-3-14(25)4-6-15)17(8-10-22(28)29)21(26-13)12-19-18-11-16(35(2,31)32)7-9-20(18)27-24(19)30/h3-7,9,11-12,26H,8,10H2,1-2H3,(H,27,30)(H,28,29)/b19-12-. The molecule has 0 radical (unpaired) electrons. The minimum Gasteiger partial charge on any atom is -0.481 e. The molecule has 0 fully saturated rings. The molecule has 1 aliphatic rings. The van der Waals surface area contributed by atoms with Gasteiger partial charge in [-0.2, -0.15) is 0 Å². The van der Waals surface area contributed by atoms with Gasteiger partial charge in [0.15, 0.2) is 9.84 Å². The van der Waals surface area contributed by atoms with Gasteiger partial charge in [-0.05, 0) is 67.4 Å². The van der Waals surface area contributed by atoms with Gasteiger partial charge >= 0.3 is 5.97 Å². The molecule has 1 aromatic heterocycles. The minimum atomic E-state index is -4.07. The number of H-pyrrole nitrogens is 1. The minimum absolute atomic E-state index is 0.0171. The van der Waals surface area contributed by atoms with Crippen LogP contribution >= 0.6 is 11.6 Å². The van der Waals surface area contributed by atoms with Gasteiger partial charge in [-0.1, -0.05) is 11.6 Å².